The molecule has 2 aliphatic rings. The monoisotopic (exact) mass is 412 g/mol. The van der Waals surface area contributed by atoms with Gasteiger partial charge in [-0.05, 0) is 48.7 Å². The third kappa shape index (κ3) is 3.47. The second-order valence-corrected chi connectivity index (χ2v) is 7.17. The van der Waals surface area contributed by atoms with Crippen molar-refractivity contribution in [3.63, 3.8) is 0 Å². The smallest absolute Gasteiger partial charge is 0.327 e. The van der Waals surface area contributed by atoms with E-state index in [2.05, 4.69) is 10.3 Å². The molecule has 2 aromatic rings. The van der Waals surface area contributed by atoms with Gasteiger partial charge in [0.25, 0.3) is 0 Å². The van der Waals surface area contributed by atoms with Gasteiger partial charge >= 0.3 is 12.0 Å². The van der Waals surface area contributed by atoms with E-state index in [0.717, 1.165) is 10.5 Å². The van der Waals surface area contributed by atoms with E-state index in [1.807, 2.05) is 0 Å². The summed E-state index contributed by atoms with van der Waals surface area (Å²) in [7, 11) is 0. The fourth-order valence-corrected chi connectivity index (χ4v) is 3.65. The molecule has 3 atom stereocenters. The minimum Gasteiger partial charge on any atom is -0.480 e. The summed E-state index contributed by atoms with van der Waals surface area (Å²) in [6.07, 6.45) is 1.64. The lowest BCUT2D eigenvalue weighted by molar-refractivity contribution is -0.165. The zero-order valence-corrected chi connectivity index (χ0v) is 16.1. The highest BCUT2D eigenvalue weighted by Crippen LogP contribution is 2.35. The number of nitrogens with zero attached hydrogens (tertiary/aromatic N) is 2. The highest BCUT2D eigenvalue weighted by atomic mass is 16.7. The SMILES string of the molecule is C[C@@H](NC(=O)N1C(=O)[C@H](Cc2ccnc(N)c2)[C@H]1C(=O)O)c1ccc2c(c1)OCO2. The van der Waals surface area contributed by atoms with Gasteiger partial charge in [0.05, 0.1) is 12.0 Å². The van der Waals surface area contributed by atoms with Crippen LogP contribution in [0.3, 0.4) is 0 Å². The van der Waals surface area contributed by atoms with E-state index in [4.69, 9.17) is 15.2 Å². The van der Waals surface area contributed by atoms with Gasteiger partial charge in [0.1, 0.15) is 5.82 Å². The van der Waals surface area contributed by atoms with Crippen molar-refractivity contribution in [1.29, 1.82) is 0 Å². The van der Waals surface area contributed by atoms with Crippen molar-refractivity contribution >= 4 is 23.7 Å². The third-order valence-corrected chi connectivity index (χ3v) is 5.22. The number of nitrogens with one attached hydrogen (secondary N) is 1. The number of hydrogen-bond donors (Lipinski definition) is 3. The molecule has 0 bridgehead atoms. The van der Waals surface area contributed by atoms with Crippen LogP contribution in [0.1, 0.15) is 24.1 Å². The Balaban J connectivity index is 1.45. The maximum Gasteiger partial charge on any atom is 0.327 e. The molecule has 4 rings (SSSR count). The number of rotatable bonds is 5. The molecule has 156 valence electrons. The molecule has 1 aromatic heterocycles. The average molecular weight is 412 g/mol. The Hall–Kier alpha value is -3.82. The third-order valence-electron chi connectivity index (χ3n) is 5.22. The molecule has 10 heteroatoms. The highest BCUT2D eigenvalue weighted by molar-refractivity contribution is 6.07. The molecule has 3 amide bonds. The Morgan fingerprint density at radius 2 is 2.07 bits per heavy atom. The molecule has 0 unspecified atom stereocenters. The van der Waals surface area contributed by atoms with Gasteiger partial charge in [-0.3, -0.25) is 4.79 Å². The van der Waals surface area contributed by atoms with Crippen LogP contribution in [-0.4, -0.2) is 45.7 Å². The summed E-state index contributed by atoms with van der Waals surface area (Å²) in [6, 6.07) is 5.97. The molecule has 0 saturated carbocycles. The Morgan fingerprint density at radius 1 is 1.30 bits per heavy atom. The molecule has 1 fully saturated rings. The predicted molar refractivity (Wildman–Crippen MR) is 104 cm³/mol. The lowest BCUT2D eigenvalue weighted by Crippen LogP contribution is -2.68. The van der Waals surface area contributed by atoms with E-state index in [0.29, 0.717) is 17.1 Å². The number of urea groups is 1. The van der Waals surface area contributed by atoms with Crippen LogP contribution in [0.5, 0.6) is 11.5 Å². The number of β-lactam (4-membered cyclic amide) rings is 1. The number of hydrogen-bond acceptors (Lipinski definition) is 7. The number of imide groups is 1. The van der Waals surface area contributed by atoms with Crippen LogP contribution < -0.4 is 20.5 Å². The molecule has 0 aliphatic carbocycles. The second kappa shape index (κ2) is 7.54. The van der Waals surface area contributed by atoms with Crippen molar-refractivity contribution in [3.05, 3.63) is 47.7 Å². The van der Waals surface area contributed by atoms with Gasteiger partial charge in [0.2, 0.25) is 12.7 Å². The van der Waals surface area contributed by atoms with Crippen LogP contribution >= 0.6 is 0 Å². The molecule has 0 spiro atoms. The number of nitrogens with two attached hydrogens (primary N) is 1. The number of nitrogen functional groups attached to an aromatic ring is 1. The fraction of sp³-hybridized carbons (Fsp3) is 0.300. The van der Waals surface area contributed by atoms with E-state index in [-0.39, 0.29) is 19.0 Å². The Morgan fingerprint density at radius 3 is 2.80 bits per heavy atom. The van der Waals surface area contributed by atoms with Crippen LogP contribution in [0.4, 0.5) is 10.6 Å². The zero-order chi connectivity index (χ0) is 21.4. The van der Waals surface area contributed by atoms with E-state index in [9.17, 15) is 19.5 Å². The fourth-order valence-electron chi connectivity index (χ4n) is 3.65. The van der Waals surface area contributed by atoms with E-state index >= 15 is 0 Å². The van der Waals surface area contributed by atoms with E-state index in [1.165, 1.54) is 6.20 Å². The largest absolute Gasteiger partial charge is 0.480 e. The predicted octanol–water partition coefficient (Wildman–Crippen LogP) is 1.32. The number of carbonyl (C=O) groups excluding carboxylic acids is 2. The Kier molecular flexibility index (Phi) is 4.90. The molecule has 3 heterocycles. The van der Waals surface area contributed by atoms with Crippen LogP contribution in [0, 0.1) is 5.92 Å². The van der Waals surface area contributed by atoms with Crippen molar-refractivity contribution in [2.45, 2.75) is 25.4 Å². The summed E-state index contributed by atoms with van der Waals surface area (Å²) in [5, 5.41) is 12.3. The highest BCUT2D eigenvalue weighted by Gasteiger charge is 2.54. The number of carbonyl (C=O) groups is 3. The maximum absolute atomic E-state index is 12.7. The van der Waals surface area contributed by atoms with Gasteiger partial charge in [-0.1, -0.05) is 6.07 Å². The number of carboxylic acid groups (broad SMARTS) is 1. The van der Waals surface area contributed by atoms with Crippen LogP contribution in [0.2, 0.25) is 0 Å². The van der Waals surface area contributed by atoms with E-state index < -0.39 is 35.9 Å². The minimum absolute atomic E-state index is 0.132. The summed E-state index contributed by atoms with van der Waals surface area (Å²) in [6.45, 7) is 1.86. The van der Waals surface area contributed by atoms with E-state index in [1.54, 1.807) is 37.3 Å². The normalized spacial score (nSPS) is 20.4. The molecule has 2 aliphatic heterocycles. The van der Waals surface area contributed by atoms with Crippen molar-refractivity contribution in [2.24, 2.45) is 5.92 Å². The first-order valence-corrected chi connectivity index (χ1v) is 9.31. The molecule has 30 heavy (non-hydrogen) atoms. The van der Waals surface area contributed by atoms with Gasteiger partial charge in [0, 0.05) is 6.20 Å². The molecular formula is C20H20N4O6. The number of benzene rings is 1. The summed E-state index contributed by atoms with van der Waals surface area (Å²) < 4.78 is 10.6. The lowest BCUT2D eigenvalue weighted by atomic mass is 9.82. The number of fused-ring (bicyclic) bond motifs is 1. The lowest BCUT2D eigenvalue weighted by Gasteiger charge is -2.43. The second-order valence-electron chi connectivity index (χ2n) is 7.17. The molecule has 4 N–H and O–H groups in total. The summed E-state index contributed by atoms with van der Waals surface area (Å²) in [5.74, 6) is -1.19. The summed E-state index contributed by atoms with van der Waals surface area (Å²) in [4.78, 5) is 41.6. The number of likely N-dealkylation sites (tertiary alicyclic amines) is 1. The topological polar surface area (TPSA) is 144 Å². The summed E-state index contributed by atoms with van der Waals surface area (Å²) in [5.41, 5.74) is 7.05. The first kappa shape index (κ1) is 19.5. The standard InChI is InChI=1S/C20H20N4O6/c1-10(12-2-3-14-15(8-12)30-9-29-14)23-20(28)24-17(19(26)27)13(18(24)25)6-11-4-5-22-16(21)7-11/h2-5,7-8,10,13,17H,6,9H2,1H3,(H2,21,22)(H,23,28)(H,26,27)/t10-,13-,17+/m1/s1. The number of ether oxygens (including phenoxy) is 2. The number of aromatic nitrogens is 1. The first-order chi connectivity index (χ1) is 14.3. The number of pyridine rings is 1. The first-order valence-electron chi connectivity index (χ1n) is 9.31. The van der Waals surface area contributed by atoms with Gasteiger partial charge in [-0.25, -0.2) is 19.5 Å². The average Bonchev–Trinajstić information content (AvgIpc) is 3.17. The molecule has 1 saturated heterocycles. The van der Waals surface area contributed by atoms with Crippen molar-refractivity contribution in [3.8, 4) is 11.5 Å². The molecule has 1 aromatic carbocycles. The molecular weight excluding hydrogens is 392 g/mol. The van der Waals surface area contributed by atoms with Gasteiger partial charge in [-0.15, -0.1) is 0 Å². The van der Waals surface area contributed by atoms with Crippen molar-refractivity contribution in [1.82, 2.24) is 15.2 Å². The van der Waals surface area contributed by atoms with Crippen LogP contribution in [0.25, 0.3) is 0 Å². The number of anilines is 1. The number of amides is 3. The Labute approximate surface area is 171 Å². The maximum atomic E-state index is 12.7. The number of aliphatic carboxylic acids is 1. The van der Waals surface area contributed by atoms with Crippen LogP contribution in [0.15, 0.2) is 36.5 Å². The Bertz CT molecular complexity index is 1030. The molecule has 10 nitrogen and oxygen atoms in total. The summed E-state index contributed by atoms with van der Waals surface area (Å²) >= 11 is 0. The van der Waals surface area contributed by atoms with Gasteiger partial charge < -0.3 is 25.6 Å². The van der Waals surface area contributed by atoms with Crippen molar-refractivity contribution < 1.29 is 29.0 Å². The van der Waals surface area contributed by atoms with Gasteiger partial charge in [-0.2, -0.15) is 0 Å². The van der Waals surface area contributed by atoms with Crippen LogP contribution in [-0.2, 0) is 16.0 Å². The molecule has 0 radical (unpaired) electrons. The van der Waals surface area contributed by atoms with Gasteiger partial charge in [0.15, 0.2) is 17.5 Å². The number of carboxylic acids is 1. The minimum atomic E-state index is -1.25. The van der Waals surface area contributed by atoms with Crippen molar-refractivity contribution in [2.75, 3.05) is 12.5 Å². The zero-order valence-electron chi connectivity index (χ0n) is 16.1. The quantitative estimate of drug-likeness (QED) is 0.624.